The van der Waals surface area contributed by atoms with Crippen LogP contribution in [0.4, 0.5) is 0 Å². The van der Waals surface area contributed by atoms with Crippen LogP contribution in [0.15, 0.2) is 0 Å². The number of nitrogens with zero attached hydrogens (tertiary/aromatic N) is 4. The van der Waals surface area contributed by atoms with Gasteiger partial charge in [-0.2, -0.15) is 11.8 Å². The van der Waals surface area contributed by atoms with Gasteiger partial charge in [0.2, 0.25) is 0 Å². The van der Waals surface area contributed by atoms with Gasteiger partial charge in [0.05, 0.1) is 6.54 Å². The van der Waals surface area contributed by atoms with Crippen molar-refractivity contribution in [2.45, 2.75) is 33.9 Å². The lowest BCUT2D eigenvalue weighted by molar-refractivity contribution is 0.450. The van der Waals surface area contributed by atoms with E-state index < -0.39 is 0 Å². The molecule has 0 saturated carbocycles. The predicted molar refractivity (Wildman–Crippen MR) is 71.9 cm³/mol. The molecule has 0 aliphatic carbocycles. The molecule has 0 aromatic carbocycles. The van der Waals surface area contributed by atoms with E-state index in [1.165, 1.54) is 0 Å². The first-order valence-corrected chi connectivity index (χ1v) is 7.47. The van der Waals surface area contributed by atoms with Crippen LogP contribution < -0.4 is 5.32 Å². The summed E-state index contributed by atoms with van der Waals surface area (Å²) >= 11 is 1.86. The fourth-order valence-corrected chi connectivity index (χ4v) is 2.27. The molecule has 0 fully saturated rings. The predicted octanol–water partition coefficient (Wildman–Crippen LogP) is 1.42. The highest BCUT2D eigenvalue weighted by molar-refractivity contribution is 7.98. The molecule has 1 unspecified atom stereocenters. The third kappa shape index (κ3) is 5.50. The average molecular weight is 257 g/mol. The van der Waals surface area contributed by atoms with Gasteiger partial charge < -0.3 is 5.32 Å². The van der Waals surface area contributed by atoms with E-state index in [-0.39, 0.29) is 0 Å². The Kier molecular flexibility index (Phi) is 6.50. The Morgan fingerprint density at radius 3 is 2.76 bits per heavy atom. The van der Waals surface area contributed by atoms with Crippen LogP contribution in [0.2, 0.25) is 0 Å². The highest BCUT2D eigenvalue weighted by Gasteiger charge is 2.09. The van der Waals surface area contributed by atoms with Gasteiger partial charge in [0, 0.05) is 6.54 Å². The zero-order chi connectivity index (χ0) is 12.7. The van der Waals surface area contributed by atoms with Gasteiger partial charge >= 0.3 is 0 Å². The molecule has 0 spiro atoms. The van der Waals surface area contributed by atoms with Crippen LogP contribution >= 0.6 is 11.8 Å². The number of aromatic nitrogens is 4. The molecule has 0 bridgehead atoms. The summed E-state index contributed by atoms with van der Waals surface area (Å²) in [6.45, 7) is 9.24. The summed E-state index contributed by atoms with van der Waals surface area (Å²) in [5.74, 6) is 3.31. The third-order valence-electron chi connectivity index (χ3n) is 2.38. The molecular weight excluding hydrogens is 234 g/mol. The van der Waals surface area contributed by atoms with E-state index in [4.69, 9.17) is 0 Å². The summed E-state index contributed by atoms with van der Waals surface area (Å²) < 4.78 is 1.91. The minimum Gasteiger partial charge on any atom is -0.310 e. The van der Waals surface area contributed by atoms with E-state index in [0.717, 1.165) is 31.2 Å². The van der Waals surface area contributed by atoms with E-state index in [1.54, 1.807) is 0 Å². The van der Waals surface area contributed by atoms with Crippen LogP contribution in [-0.2, 0) is 13.1 Å². The Morgan fingerprint density at radius 2 is 2.12 bits per heavy atom. The fraction of sp³-hybridized carbons (Fsp3) is 0.909. The molecule has 1 heterocycles. The molecule has 1 aromatic heterocycles. The summed E-state index contributed by atoms with van der Waals surface area (Å²) in [6.07, 6.45) is 2.13. The molecule has 0 aliphatic heterocycles. The standard InChI is InChI=1S/C11H23N5S/c1-9(2)5-12-6-11-13-14-15-16(11)7-10(3)8-17-4/h9-10,12H,5-8H2,1-4H3. The second kappa shape index (κ2) is 7.66. The van der Waals surface area contributed by atoms with Crippen LogP contribution in [0, 0.1) is 11.8 Å². The second-order valence-electron chi connectivity index (χ2n) is 4.86. The molecule has 0 saturated heterocycles. The van der Waals surface area contributed by atoms with Gasteiger partial charge in [0.1, 0.15) is 0 Å². The molecule has 1 rings (SSSR count). The first-order chi connectivity index (χ1) is 8.13. The Morgan fingerprint density at radius 1 is 1.35 bits per heavy atom. The number of tetrazole rings is 1. The highest BCUT2D eigenvalue weighted by atomic mass is 32.2. The highest BCUT2D eigenvalue weighted by Crippen LogP contribution is 2.07. The smallest absolute Gasteiger partial charge is 0.165 e. The molecule has 1 aromatic rings. The maximum absolute atomic E-state index is 4.06. The number of rotatable bonds is 8. The van der Waals surface area contributed by atoms with Crippen molar-refractivity contribution >= 4 is 11.8 Å². The monoisotopic (exact) mass is 257 g/mol. The average Bonchev–Trinajstić information content (AvgIpc) is 2.65. The van der Waals surface area contributed by atoms with Crippen molar-refractivity contribution in [3.63, 3.8) is 0 Å². The normalized spacial score (nSPS) is 13.2. The van der Waals surface area contributed by atoms with Crippen molar-refractivity contribution in [3.05, 3.63) is 5.82 Å². The van der Waals surface area contributed by atoms with Crippen molar-refractivity contribution in [3.8, 4) is 0 Å². The Labute approximate surface area is 108 Å². The number of thioether (sulfide) groups is 1. The first kappa shape index (κ1) is 14.4. The van der Waals surface area contributed by atoms with Gasteiger partial charge in [-0.3, -0.25) is 0 Å². The fourth-order valence-electron chi connectivity index (χ4n) is 1.60. The van der Waals surface area contributed by atoms with Crippen molar-refractivity contribution in [1.82, 2.24) is 25.5 Å². The summed E-state index contributed by atoms with van der Waals surface area (Å²) in [4.78, 5) is 0. The van der Waals surface area contributed by atoms with Crippen LogP contribution in [-0.4, -0.2) is 38.8 Å². The zero-order valence-electron chi connectivity index (χ0n) is 11.2. The van der Waals surface area contributed by atoms with Crippen LogP contribution in [0.25, 0.3) is 0 Å². The summed E-state index contributed by atoms with van der Waals surface area (Å²) in [5.41, 5.74) is 0. The van der Waals surface area contributed by atoms with Crippen molar-refractivity contribution in [1.29, 1.82) is 0 Å². The molecule has 0 radical (unpaired) electrons. The van der Waals surface area contributed by atoms with Crippen molar-refractivity contribution < 1.29 is 0 Å². The number of hydrogen-bond acceptors (Lipinski definition) is 5. The van der Waals surface area contributed by atoms with Crippen LogP contribution in [0.1, 0.15) is 26.6 Å². The maximum atomic E-state index is 4.06. The van der Waals surface area contributed by atoms with E-state index in [2.05, 4.69) is 47.9 Å². The Balaban J connectivity index is 2.42. The van der Waals surface area contributed by atoms with E-state index in [9.17, 15) is 0 Å². The van der Waals surface area contributed by atoms with Crippen molar-refractivity contribution in [2.75, 3.05) is 18.6 Å². The van der Waals surface area contributed by atoms with Crippen molar-refractivity contribution in [2.24, 2.45) is 11.8 Å². The molecule has 98 valence electrons. The molecule has 0 aliphatic rings. The topological polar surface area (TPSA) is 55.6 Å². The SMILES string of the molecule is CSCC(C)Cn1nnnc1CNCC(C)C. The molecule has 5 nitrogen and oxygen atoms in total. The van der Waals surface area contributed by atoms with E-state index in [0.29, 0.717) is 11.8 Å². The van der Waals surface area contributed by atoms with E-state index in [1.807, 2.05) is 16.4 Å². The van der Waals surface area contributed by atoms with E-state index >= 15 is 0 Å². The molecule has 17 heavy (non-hydrogen) atoms. The lowest BCUT2D eigenvalue weighted by atomic mass is 10.2. The minimum atomic E-state index is 0.595. The Hall–Kier alpha value is -0.620. The van der Waals surface area contributed by atoms with Gasteiger partial charge in [-0.15, -0.1) is 5.10 Å². The lowest BCUT2D eigenvalue weighted by Gasteiger charge is -2.11. The zero-order valence-corrected chi connectivity index (χ0v) is 12.0. The molecule has 1 N–H and O–H groups in total. The van der Waals surface area contributed by atoms with Gasteiger partial charge in [-0.1, -0.05) is 20.8 Å². The number of hydrogen-bond donors (Lipinski definition) is 1. The molecule has 0 amide bonds. The summed E-state index contributed by atoms with van der Waals surface area (Å²) in [7, 11) is 0. The van der Waals surface area contributed by atoms with Gasteiger partial charge in [-0.25, -0.2) is 4.68 Å². The Bertz CT molecular complexity index is 313. The summed E-state index contributed by atoms with van der Waals surface area (Å²) in [5, 5.41) is 15.2. The molecule has 6 heteroatoms. The summed E-state index contributed by atoms with van der Waals surface area (Å²) in [6, 6.07) is 0. The lowest BCUT2D eigenvalue weighted by Crippen LogP contribution is -2.23. The number of nitrogens with one attached hydrogen (secondary N) is 1. The maximum Gasteiger partial charge on any atom is 0.165 e. The van der Waals surface area contributed by atoms with Gasteiger partial charge in [0.15, 0.2) is 5.82 Å². The van der Waals surface area contributed by atoms with Gasteiger partial charge in [0.25, 0.3) is 0 Å². The van der Waals surface area contributed by atoms with Crippen LogP contribution in [0.3, 0.4) is 0 Å². The second-order valence-corrected chi connectivity index (χ2v) is 5.77. The van der Waals surface area contributed by atoms with Gasteiger partial charge in [-0.05, 0) is 40.8 Å². The minimum absolute atomic E-state index is 0.595. The third-order valence-corrected chi connectivity index (χ3v) is 3.28. The molecular formula is C11H23N5S. The quantitative estimate of drug-likeness (QED) is 0.763. The molecule has 1 atom stereocenters. The first-order valence-electron chi connectivity index (χ1n) is 6.08. The largest absolute Gasteiger partial charge is 0.310 e. The van der Waals surface area contributed by atoms with Crippen LogP contribution in [0.5, 0.6) is 0 Å².